The Hall–Kier alpha value is -3.45. The fourth-order valence-electron chi connectivity index (χ4n) is 5.27. The number of rotatable bonds is 7. The molecule has 7 heteroatoms. The van der Waals surface area contributed by atoms with Crippen LogP contribution in [0.25, 0.3) is 0 Å². The van der Waals surface area contributed by atoms with Gasteiger partial charge in [0.1, 0.15) is 0 Å². The Labute approximate surface area is 216 Å². The molecule has 1 N–H and O–H groups in total. The first-order chi connectivity index (χ1) is 17.5. The molecule has 186 valence electrons. The first kappa shape index (κ1) is 24.3. The number of fused-ring (bicyclic) bond motifs is 4. The molecule has 36 heavy (non-hydrogen) atoms. The van der Waals surface area contributed by atoms with E-state index in [4.69, 9.17) is 9.47 Å². The minimum atomic E-state index is -0.566. The third-order valence-corrected chi connectivity index (χ3v) is 7.53. The highest BCUT2D eigenvalue weighted by molar-refractivity contribution is 7.98. The summed E-state index contributed by atoms with van der Waals surface area (Å²) >= 11 is 1.62. The molecule has 0 fully saturated rings. The minimum Gasteiger partial charge on any atom is -0.490 e. The number of benzene rings is 3. The number of thioether (sulfide) groups is 1. The van der Waals surface area contributed by atoms with Crippen LogP contribution in [0.2, 0.25) is 0 Å². The van der Waals surface area contributed by atoms with Gasteiger partial charge in [-0.2, -0.15) is 0 Å². The first-order valence-electron chi connectivity index (χ1n) is 12.3. The van der Waals surface area contributed by atoms with Gasteiger partial charge in [0.05, 0.1) is 25.2 Å². The van der Waals surface area contributed by atoms with Gasteiger partial charge < -0.3 is 19.7 Å². The van der Waals surface area contributed by atoms with Gasteiger partial charge in [0.25, 0.3) is 5.91 Å². The average Bonchev–Trinajstić information content (AvgIpc) is 2.89. The van der Waals surface area contributed by atoms with Crippen molar-refractivity contribution < 1.29 is 19.1 Å². The second kappa shape index (κ2) is 10.3. The van der Waals surface area contributed by atoms with E-state index in [0.29, 0.717) is 43.2 Å². The van der Waals surface area contributed by atoms with Gasteiger partial charge in [0.15, 0.2) is 11.5 Å². The quantitative estimate of drug-likeness (QED) is 0.421. The zero-order valence-electron chi connectivity index (χ0n) is 20.7. The molecule has 0 bridgehead atoms. The number of amides is 2. The smallest absolute Gasteiger partial charge is 0.254 e. The zero-order chi connectivity index (χ0) is 25.2. The van der Waals surface area contributed by atoms with Gasteiger partial charge in [0.2, 0.25) is 5.91 Å². The van der Waals surface area contributed by atoms with Crippen LogP contribution in [-0.4, -0.2) is 42.7 Å². The summed E-state index contributed by atoms with van der Waals surface area (Å²) in [4.78, 5) is 30.5. The molecule has 3 aromatic carbocycles. The normalized spacial score (nSPS) is 18.1. The van der Waals surface area contributed by atoms with E-state index in [1.165, 1.54) is 0 Å². The van der Waals surface area contributed by atoms with Gasteiger partial charge in [-0.05, 0) is 79.6 Å². The van der Waals surface area contributed by atoms with E-state index in [1.54, 1.807) is 11.8 Å². The Bertz CT molecular complexity index is 1310. The Kier molecular flexibility index (Phi) is 6.92. The van der Waals surface area contributed by atoms with E-state index < -0.39 is 12.0 Å². The molecule has 0 saturated heterocycles. The largest absolute Gasteiger partial charge is 0.490 e. The van der Waals surface area contributed by atoms with Crippen molar-refractivity contribution in [3.63, 3.8) is 0 Å². The van der Waals surface area contributed by atoms with E-state index in [0.717, 1.165) is 27.3 Å². The van der Waals surface area contributed by atoms with E-state index in [1.807, 2.05) is 85.7 Å². The molecule has 6 nitrogen and oxygen atoms in total. The Morgan fingerprint density at radius 2 is 1.75 bits per heavy atom. The highest BCUT2D eigenvalue weighted by Gasteiger charge is 2.46. The third kappa shape index (κ3) is 4.32. The van der Waals surface area contributed by atoms with Crippen LogP contribution in [0.1, 0.15) is 52.9 Å². The van der Waals surface area contributed by atoms with E-state index in [2.05, 4.69) is 5.32 Å². The topological polar surface area (TPSA) is 67.9 Å². The molecule has 3 aromatic rings. The fourth-order valence-corrected chi connectivity index (χ4v) is 5.73. The van der Waals surface area contributed by atoms with Crippen LogP contribution in [0, 0.1) is 0 Å². The molecule has 0 radical (unpaired) electrons. The van der Waals surface area contributed by atoms with Crippen molar-refractivity contribution in [2.45, 2.75) is 37.1 Å². The molecule has 2 unspecified atom stereocenters. The Balaban J connectivity index is 1.63. The number of anilines is 1. The van der Waals surface area contributed by atoms with Crippen molar-refractivity contribution in [3.05, 3.63) is 82.9 Å². The molecule has 2 atom stereocenters. The van der Waals surface area contributed by atoms with Crippen molar-refractivity contribution in [2.75, 3.05) is 31.3 Å². The molecule has 2 heterocycles. The fraction of sp³-hybridized carbons (Fsp3) is 0.310. The summed E-state index contributed by atoms with van der Waals surface area (Å²) in [6.45, 7) is 5.43. The van der Waals surface area contributed by atoms with Crippen molar-refractivity contribution >= 4 is 29.3 Å². The Morgan fingerprint density at radius 3 is 2.50 bits per heavy atom. The lowest BCUT2D eigenvalue weighted by Crippen LogP contribution is -2.49. The molecular formula is C29H30N2O4S. The summed E-state index contributed by atoms with van der Waals surface area (Å²) in [5, 5.41) is 3.13. The molecule has 2 aliphatic rings. The van der Waals surface area contributed by atoms with E-state index in [-0.39, 0.29) is 11.8 Å². The maximum atomic E-state index is 14.0. The van der Waals surface area contributed by atoms with Crippen LogP contribution in [0.3, 0.4) is 0 Å². The van der Waals surface area contributed by atoms with Crippen LogP contribution < -0.4 is 14.8 Å². The number of nitrogens with one attached hydrogen (secondary N) is 1. The summed E-state index contributed by atoms with van der Waals surface area (Å²) in [7, 11) is 0. The second-order valence-corrected chi connectivity index (χ2v) is 9.72. The lowest BCUT2D eigenvalue weighted by atomic mass is 9.75. The van der Waals surface area contributed by atoms with Crippen LogP contribution in [-0.2, 0) is 11.2 Å². The molecule has 5 rings (SSSR count). The molecule has 0 saturated carbocycles. The standard InChI is InChI=1S/C29H30N2O4S/c1-4-34-24-15-18-13-14-31-27(23(18)17-25(24)35-5-2)26(21-11-6-7-12-22(21)29(31)33)28(32)30-19-9-8-10-20(16-19)36-3/h6-12,15-17,26-27H,4-5,13-14H2,1-3H3,(H,30,32). The van der Waals surface area contributed by atoms with Crippen molar-refractivity contribution in [3.8, 4) is 11.5 Å². The highest BCUT2D eigenvalue weighted by Crippen LogP contribution is 2.48. The van der Waals surface area contributed by atoms with Crippen molar-refractivity contribution in [1.29, 1.82) is 0 Å². The van der Waals surface area contributed by atoms with Gasteiger partial charge in [0, 0.05) is 22.7 Å². The van der Waals surface area contributed by atoms with Crippen molar-refractivity contribution in [1.82, 2.24) is 4.90 Å². The minimum absolute atomic E-state index is 0.0403. The van der Waals surface area contributed by atoms with Crippen LogP contribution >= 0.6 is 11.8 Å². The summed E-state index contributed by atoms with van der Waals surface area (Å²) in [5.74, 6) is 0.592. The molecule has 0 aliphatic carbocycles. The lowest BCUT2D eigenvalue weighted by Gasteiger charge is -2.45. The van der Waals surface area contributed by atoms with Crippen molar-refractivity contribution in [2.24, 2.45) is 0 Å². The summed E-state index contributed by atoms with van der Waals surface area (Å²) in [5.41, 5.74) is 4.10. The molecule has 2 amide bonds. The van der Waals surface area contributed by atoms with Gasteiger partial charge in [-0.3, -0.25) is 9.59 Å². The number of hydrogen-bond acceptors (Lipinski definition) is 5. The molecular weight excluding hydrogens is 472 g/mol. The lowest BCUT2D eigenvalue weighted by molar-refractivity contribution is -0.119. The second-order valence-electron chi connectivity index (χ2n) is 8.84. The molecule has 2 aliphatic heterocycles. The number of nitrogens with zero attached hydrogens (tertiary/aromatic N) is 1. The van der Waals surface area contributed by atoms with Gasteiger partial charge in [-0.15, -0.1) is 11.8 Å². The Morgan fingerprint density at radius 1 is 1.00 bits per heavy atom. The number of carbonyl (C=O) groups is 2. The average molecular weight is 503 g/mol. The summed E-state index contributed by atoms with van der Waals surface area (Å²) in [6.07, 6.45) is 2.70. The number of ether oxygens (including phenoxy) is 2. The first-order valence-corrected chi connectivity index (χ1v) is 13.5. The summed E-state index contributed by atoms with van der Waals surface area (Å²) in [6, 6.07) is 18.8. The predicted octanol–water partition coefficient (Wildman–Crippen LogP) is 5.68. The van der Waals surface area contributed by atoms with Gasteiger partial charge in [-0.1, -0.05) is 24.3 Å². The van der Waals surface area contributed by atoms with E-state index in [9.17, 15) is 9.59 Å². The van der Waals surface area contributed by atoms with Gasteiger partial charge in [-0.25, -0.2) is 0 Å². The highest BCUT2D eigenvalue weighted by atomic mass is 32.2. The number of carbonyl (C=O) groups excluding carboxylic acids is 2. The maximum Gasteiger partial charge on any atom is 0.254 e. The molecule has 0 aromatic heterocycles. The van der Waals surface area contributed by atoms with Gasteiger partial charge >= 0.3 is 0 Å². The SMILES string of the molecule is CCOc1cc2c(cc1OCC)C1C(C(=O)Nc3cccc(SC)c3)c3ccccc3C(=O)N1CC2. The van der Waals surface area contributed by atoms with E-state index >= 15 is 0 Å². The number of hydrogen-bond donors (Lipinski definition) is 1. The third-order valence-electron chi connectivity index (χ3n) is 6.80. The van der Waals surface area contributed by atoms with Crippen LogP contribution in [0.5, 0.6) is 11.5 Å². The van der Waals surface area contributed by atoms with Crippen LogP contribution in [0.4, 0.5) is 5.69 Å². The maximum absolute atomic E-state index is 14.0. The summed E-state index contributed by atoms with van der Waals surface area (Å²) < 4.78 is 11.8. The predicted molar refractivity (Wildman–Crippen MR) is 142 cm³/mol. The van der Waals surface area contributed by atoms with Crippen LogP contribution in [0.15, 0.2) is 65.6 Å². The molecule has 0 spiro atoms. The monoisotopic (exact) mass is 502 g/mol. The zero-order valence-corrected chi connectivity index (χ0v) is 21.6.